The third kappa shape index (κ3) is 4.66. The van der Waals surface area contributed by atoms with E-state index in [0.29, 0.717) is 38.3 Å². The van der Waals surface area contributed by atoms with E-state index in [1.165, 1.54) is 16.9 Å². The summed E-state index contributed by atoms with van der Waals surface area (Å²) in [6.07, 6.45) is 3.29. The number of rotatable bonds is 7. The average molecular weight is 236 g/mol. The topological polar surface area (TPSA) is 93.9 Å². The molecule has 1 aromatic rings. The van der Waals surface area contributed by atoms with Gasteiger partial charge in [0, 0.05) is 19.0 Å². The van der Waals surface area contributed by atoms with E-state index >= 15 is 0 Å². The zero-order chi connectivity index (χ0) is 12.5. The highest BCUT2D eigenvalue weighted by Crippen LogP contribution is 2.04. The van der Waals surface area contributed by atoms with Crippen molar-refractivity contribution in [1.82, 2.24) is 9.78 Å². The van der Waals surface area contributed by atoms with Crippen LogP contribution in [0.5, 0.6) is 5.75 Å². The van der Waals surface area contributed by atoms with Gasteiger partial charge in [0.05, 0.1) is 18.9 Å². The summed E-state index contributed by atoms with van der Waals surface area (Å²) >= 11 is 0. The predicted octanol–water partition coefficient (Wildman–Crippen LogP) is 0.275. The number of nitrogens with two attached hydrogens (primary N) is 1. The molecule has 0 aliphatic rings. The van der Waals surface area contributed by atoms with Crippen molar-refractivity contribution in [2.75, 3.05) is 13.2 Å². The molecule has 6 heteroatoms. The molecule has 0 unspecified atom stereocenters. The number of aryl methyl sites for hydroxylation is 1. The first-order valence-electron chi connectivity index (χ1n) is 5.55. The third-order valence-corrected chi connectivity index (χ3v) is 2.12. The first kappa shape index (κ1) is 13.2. The molecule has 0 bridgehead atoms. The standard InChI is InChI=1S/C11H16N4O2/c12-4-1-2-6-15-11(16)8-10(9-14-15)17-7-3-5-13/h8-9H,1-3,5-7,13H2. The Kier molecular flexibility index (Phi) is 5.75. The summed E-state index contributed by atoms with van der Waals surface area (Å²) in [5.41, 5.74) is 5.11. The summed E-state index contributed by atoms with van der Waals surface area (Å²) < 4.78 is 6.63. The van der Waals surface area contributed by atoms with Crippen LogP contribution in [-0.4, -0.2) is 22.9 Å². The van der Waals surface area contributed by atoms with Gasteiger partial charge in [0.2, 0.25) is 0 Å². The molecule has 0 saturated carbocycles. The Morgan fingerprint density at radius 2 is 2.35 bits per heavy atom. The monoisotopic (exact) mass is 236 g/mol. The number of unbranched alkanes of at least 4 members (excludes halogenated alkanes) is 1. The van der Waals surface area contributed by atoms with Crippen molar-refractivity contribution >= 4 is 0 Å². The lowest BCUT2D eigenvalue weighted by molar-refractivity contribution is 0.309. The van der Waals surface area contributed by atoms with Crippen molar-refractivity contribution in [3.05, 3.63) is 22.6 Å². The maximum Gasteiger partial charge on any atom is 0.270 e. The molecular formula is C11H16N4O2. The van der Waals surface area contributed by atoms with Crippen LogP contribution in [-0.2, 0) is 6.54 Å². The maximum atomic E-state index is 11.6. The first-order chi connectivity index (χ1) is 8.27. The van der Waals surface area contributed by atoms with E-state index in [1.54, 1.807) is 0 Å². The summed E-state index contributed by atoms with van der Waals surface area (Å²) in [6, 6.07) is 3.42. The molecule has 0 amide bonds. The van der Waals surface area contributed by atoms with Gasteiger partial charge in [0.15, 0.2) is 0 Å². The van der Waals surface area contributed by atoms with Gasteiger partial charge in [-0.3, -0.25) is 4.79 Å². The van der Waals surface area contributed by atoms with Crippen LogP contribution in [0.4, 0.5) is 0 Å². The molecule has 0 spiro atoms. The fraction of sp³-hybridized carbons (Fsp3) is 0.545. The lowest BCUT2D eigenvalue weighted by Crippen LogP contribution is -2.22. The van der Waals surface area contributed by atoms with Gasteiger partial charge >= 0.3 is 0 Å². The molecule has 0 aliphatic heterocycles. The van der Waals surface area contributed by atoms with Gasteiger partial charge in [-0.1, -0.05) is 0 Å². The quantitative estimate of drug-likeness (QED) is 0.686. The van der Waals surface area contributed by atoms with Crippen LogP contribution in [0.25, 0.3) is 0 Å². The van der Waals surface area contributed by atoms with E-state index in [4.69, 9.17) is 15.7 Å². The second-order valence-corrected chi connectivity index (χ2v) is 3.51. The van der Waals surface area contributed by atoms with Gasteiger partial charge in [-0.2, -0.15) is 10.4 Å². The fourth-order valence-electron chi connectivity index (χ4n) is 1.25. The molecule has 0 aromatic carbocycles. The minimum Gasteiger partial charge on any atom is -0.492 e. The van der Waals surface area contributed by atoms with E-state index in [0.717, 1.165) is 6.42 Å². The van der Waals surface area contributed by atoms with Gasteiger partial charge in [-0.15, -0.1) is 0 Å². The van der Waals surface area contributed by atoms with E-state index in [9.17, 15) is 4.79 Å². The smallest absolute Gasteiger partial charge is 0.270 e. The Morgan fingerprint density at radius 3 is 3.00 bits per heavy atom. The Hall–Kier alpha value is -1.87. The Labute approximate surface area is 99.6 Å². The molecule has 1 rings (SSSR count). The van der Waals surface area contributed by atoms with Crippen LogP contribution < -0.4 is 16.0 Å². The molecule has 1 heterocycles. The normalized spacial score (nSPS) is 9.88. The zero-order valence-electron chi connectivity index (χ0n) is 9.63. The van der Waals surface area contributed by atoms with Crippen LogP contribution in [0.3, 0.4) is 0 Å². The Balaban J connectivity index is 2.54. The number of hydrogen-bond acceptors (Lipinski definition) is 5. The van der Waals surface area contributed by atoms with Crippen LogP contribution in [0.1, 0.15) is 19.3 Å². The third-order valence-electron chi connectivity index (χ3n) is 2.12. The van der Waals surface area contributed by atoms with E-state index in [1.807, 2.05) is 6.07 Å². The number of aromatic nitrogens is 2. The molecule has 0 aliphatic carbocycles. The zero-order valence-corrected chi connectivity index (χ0v) is 9.63. The number of nitriles is 1. The molecule has 1 aromatic heterocycles. The highest BCUT2D eigenvalue weighted by atomic mass is 16.5. The lowest BCUT2D eigenvalue weighted by Gasteiger charge is -2.06. The minimum atomic E-state index is -0.215. The van der Waals surface area contributed by atoms with Crippen LogP contribution >= 0.6 is 0 Å². The predicted molar refractivity (Wildman–Crippen MR) is 62.5 cm³/mol. The van der Waals surface area contributed by atoms with Crippen molar-refractivity contribution in [2.45, 2.75) is 25.8 Å². The fourth-order valence-corrected chi connectivity index (χ4v) is 1.25. The summed E-state index contributed by atoms with van der Waals surface area (Å²) in [7, 11) is 0. The summed E-state index contributed by atoms with van der Waals surface area (Å²) in [5.74, 6) is 0.458. The molecule has 0 saturated heterocycles. The maximum absolute atomic E-state index is 11.6. The van der Waals surface area contributed by atoms with Crippen molar-refractivity contribution < 1.29 is 4.74 Å². The number of ether oxygens (including phenoxy) is 1. The highest BCUT2D eigenvalue weighted by Gasteiger charge is 2.00. The Bertz CT molecular complexity index is 436. The summed E-state index contributed by atoms with van der Waals surface area (Å²) in [4.78, 5) is 11.6. The minimum absolute atomic E-state index is 0.215. The molecule has 0 radical (unpaired) electrons. The van der Waals surface area contributed by atoms with Crippen molar-refractivity contribution in [1.29, 1.82) is 5.26 Å². The van der Waals surface area contributed by atoms with Gasteiger partial charge in [-0.05, 0) is 19.4 Å². The largest absolute Gasteiger partial charge is 0.492 e. The molecule has 17 heavy (non-hydrogen) atoms. The van der Waals surface area contributed by atoms with Gasteiger partial charge in [-0.25, -0.2) is 4.68 Å². The van der Waals surface area contributed by atoms with Gasteiger partial charge in [0.1, 0.15) is 5.75 Å². The lowest BCUT2D eigenvalue weighted by atomic mass is 10.3. The summed E-state index contributed by atoms with van der Waals surface area (Å²) in [5, 5.41) is 12.4. The van der Waals surface area contributed by atoms with E-state index in [2.05, 4.69) is 5.10 Å². The summed E-state index contributed by atoms with van der Waals surface area (Å²) in [6.45, 7) is 1.49. The average Bonchev–Trinajstić information content (AvgIpc) is 2.32. The Morgan fingerprint density at radius 1 is 1.53 bits per heavy atom. The van der Waals surface area contributed by atoms with Gasteiger partial charge < -0.3 is 10.5 Å². The molecule has 6 nitrogen and oxygen atoms in total. The molecule has 0 fully saturated rings. The second kappa shape index (κ2) is 7.41. The highest BCUT2D eigenvalue weighted by molar-refractivity contribution is 5.13. The molecule has 92 valence electrons. The van der Waals surface area contributed by atoms with E-state index in [-0.39, 0.29) is 5.56 Å². The molecular weight excluding hydrogens is 220 g/mol. The number of hydrogen-bond donors (Lipinski definition) is 1. The van der Waals surface area contributed by atoms with Crippen molar-refractivity contribution in [3.63, 3.8) is 0 Å². The molecule has 0 atom stereocenters. The van der Waals surface area contributed by atoms with Crippen LogP contribution in [0, 0.1) is 11.3 Å². The van der Waals surface area contributed by atoms with Crippen molar-refractivity contribution in [2.24, 2.45) is 5.73 Å². The van der Waals surface area contributed by atoms with Crippen LogP contribution in [0.2, 0.25) is 0 Å². The first-order valence-corrected chi connectivity index (χ1v) is 5.55. The van der Waals surface area contributed by atoms with E-state index < -0.39 is 0 Å². The number of nitrogens with zero attached hydrogens (tertiary/aromatic N) is 3. The van der Waals surface area contributed by atoms with Crippen molar-refractivity contribution in [3.8, 4) is 11.8 Å². The van der Waals surface area contributed by atoms with Crippen LogP contribution in [0.15, 0.2) is 17.1 Å². The second-order valence-electron chi connectivity index (χ2n) is 3.51. The SMILES string of the molecule is N#CCCCn1ncc(OCCCN)cc1=O. The van der Waals surface area contributed by atoms with Gasteiger partial charge in [0.25, 0.3) is 5.56 Å². The molecule has 2 N–H and O–H groups in total.